The van der Waals surface area contributed by atoms with Crippen molar-refractivity contribution in [3.63, 3.8) is 0 Å². The number of carbonyl (C=O) groups excluding carboxylic acids is 1. The minimum Gasteiger partial charge on any atom is -0.381 e. The van der Waals surface area contributed by atoms with Gasteiger partial charge < -0.3 is 14.4 Å². The number of aromatic nitrogens is 1. The predicted octanol–water partition coefficient (Wildman–Crippen LogP) is 3.30. The maximum atomic E-state index is 12.6. The monoisotopic (exact) mass is 358 g/mol. The first-order chi connectivity index (χ1) is 12.7. The van der Waals surface area contributed by atoms with E-state index < -0.39 is 0 Å². The van der Waals surface area contributed by atoms with E-state index in [9.17, 15) is 4.79 Å². The summed E-state index contributed by atoms with van der Waals surface area (Å²) in [5.41, 5.74) is 0.513. The minimum atomic E-state index is -0.0275. The van der Waals surface area contributed by atoms with Gasteiger partial charge in [-0.2, -0.15) is 0 Å². The van der Waals surface area contributed by atoms with Gasteiger partial charge in [0.25, 0.3) is 5.91 Å². The van der Waals surface area contributed by atoms with Gasteiger partial charge in [0.2, 0.25) is 0 Å². The van der Waals surface area contributed by atoms with Crippen LogP contribution in [0.1, 0.15) is 55.4 Å². The normalized spacial score (nSPS) is 25.4. The van der Waals surface area contributed by atoms with Crippen molar-refractivity contribution in [1.82, 2.24) is 9.88 Å². The number of ether oxygens (including phenoxy) is 2. The summed E-state index contributed by atoms with van der Waals surface area (Å²) in [4.78, 5) is 18.7. The topological polar surface area (TPSA) is 51.7 Å². The SMILES string of the molecule is O=C(c1ccccn1)N1CCC2(CC1)CC(CCOCC1CC1)CCO2. The number of rotatable bonds is 6. The van der Waals surface area contributed by atoms with E-state index in [1.807, 2.05) is 17.0 Å². The number of amides is 1. The molecule has 4 rings (SSSR count). The van der Waals surface area contributed by atoms with Gasteiger partial charge in [-0.1, -0.05) is 6.07 Å². The Labute approximate surface area is 156 Å². The predicted molar refractivity (Wildman–Crippen MR) is 98.9 cm³/mol. The molecular formula is C21H30N2O3. The van der Waals surface area contributed by atoms with Crippen molar-refractivity contribution < 1.29 is 14.3 Å². The Morgan fingerprint density at radius 3 is 2.81 bits per heavy atom. The zero-order valence-electron chi connectivity index (χ0n) is 15.6. The molecule has 1 amide bonds. The average Bonchev–Trinajstić information content (AvgIpc) is 3.51. The van der Waals surface area contributed by atoms with Crippen molar-refractivity contribution in [3.05, 3.63) is 30.1 Å². The number of hydrogen-bond acceptors (Lipinski definition) is 4. The molecule has 0 N–H and O–H groups in total. The largest absolute Gasteiger partial charge is 0.381 e. The third-order valence-corrected chi connectivity index (χ3v) is 6.16. The fourth-order valence-electron chi connectivity index (χ4n) is 4.28. The summed E-state index contributed by atoms with van der Waals surface area (Å²) in [6.45, 7) is 4.22. The molecule has 3 aliphatic rings. The molecule has 0 aromatic carbocycles. The lowest BCUT2D eigenvalue weighted by molar-refractivity contribution is -0.126. The Morgan fingerprint density at radius 1 is 1.23 bits per heavy atom. The highest BCUT2D eigenvalue weighted by atomic mass is 16.5. The maximum Gasteiger partial charge on any atom is 0.272 e. The van der Waals surface area contributed by atoms with Crippen molar-refractivity contribution in [2.75, 3.05) is 32.9 Å². The van der Waals surface area contributed by atoms with Crippen LogP contribution in [0.4, 0.5) is 0 Å². The number of hydrogen-bond donors (Lipinski definition) is 0. The second-order valence-electron chi connectivity index (χ2n) is 8.20. The third kappa shape index (κ3) is 4.44. The molecule has 5 nitrogen and oxygen atoms in total. The lowest BCUT2D eigenvalue weighted by atomic mass is 9.78. The smallest absolute Gasteiger partial charge is 0.272 e. The molecule has 1 aromatic rings. The fourth-order valence-corrected chi connectivity index (χ4v) is 4.28. The molecule has 2 saturated heterocycles. The summed E-state index contributed by atoms with van der Waals surface area (Å²) in [7, 11) is 0. The standard InChI is InChI=1S/C21H30N2O3/c24-20(19-3-1-2-10-22-19)23-11-8-21(9-12-23)15-17(7-14-26-21)6-13-25-16-18-4-5-18/h1-3,10,17-18H,4-9,11-16H2. The van der Waals surface area contributed by atoms with Gasteiger partial charge in [0, 0.05) is 39.1 Å². The first-order valence-corrected chi connectivity index (χ1v) is 10.2. The van der Waals surface area contributed by atoms with E-state index in [1.54, 1.807) is 12.3 Å². The van der Waals surface area contributed by atoms with E-state index in [0.717, 1.165) is 70.9 Å². The Kier molecular flexibility index (Phi) is 5.55. The first-order valence-electron chi connectivity index (χ1n) is 10.2. The fraction of sp³-hybridized carbons (Fsp3) is 0.714. The van der Waals surface area contributed by atoms with Gasteiger partial charge in [0.05, 0.1) is 5.60 Å². The van der Waals surface area contributed by atoms with Crippen LogP contribution in [0.3, 0.4) is 0 Å². The number of piperidine rings is 1. The molecule has 26 heavy (non-hydrogen) atoms. The van der Waals surface area contributed by atoms with Crippen LogP contribution in [0.25, 0.3) is 0 Å². The highest BCUT2D eigenvalue weighted by Crippen LogP contribution is 2.39. The molecule has 0 radical (unpaired) electrons. The highest BCUT2D eigenvalue weighted by Gasteiger charge is 2.41. The average molecular weight is 358 g/mol. The molecule has 3 fully saturated rings. The van der Waals surface area contributed by atoms with Crippen molar-refractivity contribution in [2.24, 2.45) is 11.8 Å². The Bertz CT molecular complexity index is 595. The highest BCUT2D eigenvalue weighted by molar-refractivity contribution is 5.92. The zero-order valence-corrected chi connectivity index (χ0v) is 15.6. The van der Waals surface area contributed by atoms with Crippen molar-refractivity contribution in [2.45, 2.75) is 50.5 Å². The van der Waals surface area contributed by atoms with Crippen LogP contribution in [0.5, 0.6) is 0 Å². The molecular weight excluding hydrogens is 328 g/mol. The molecule has 1 saturated carbocycles. The molecule has 3 heterocycles. The van der Waals surface area contributed by atoms with Crippen molar-refractivity contribution in [3.8, 4) is 0 Å². The summed E-state index contributed by atoms with van der Waals surface area (Å²) >= 11 is 0. The molecule has 2 aliphatic heterocycles. The number of pyridine rings is 1. The molecule has 1 aromatic heterocycles. The number of carbonyl (C=O) groups is 1. The van der Waals surface area contributed by atoms with E-state index in [1.165, 1.54) is 12.8 Å². The van der Waals surface area contributed by atoms with Gasteiger partial charge in [-0.25, -0.2) is 0 Å². The third-order valence-electron chi connectivity index (χ3n) is 6.16. The lowest BCUT2D eigenvalue weighted by Gasteiger charge is -2.46. The van der Waals surface area contributed by atoms with E-state index in [4.69, 9.17) is 9.47 Å². The van der Waals surface area contributed by atoms with E-state index in [-0.39, 0.29) is 11.5 Å². The summed E-state index contributed by atoms with van der Waals surface area (Å²) in [6, 6.07) is 5.50. The second kappa shape index (κ2) is 8.05. The molecule has 1 unspecified atom stereocenters. The van der Waals surface area contributed by atoms with Crippen molar-refractivity contribution in [1.29, 1.82) is 0 Å². The first kappa shape index (κ1) is 17.9. The van der Waals surface area contributed by atoms with Gasteiger partial charge in [-0.05, 0) is 68.9 Å². The van der Waals surface area contributed by atoms with Crippen LogP contribution in [-0.4, -0.2) is 54.3 Å². The van der Waals surface area contributed by atoms with Crippen LogP contribution in [0.2, 0.25) is 0 Å². The summed E-state index contributed by atoms with van der Waals surface area (Å²) in [6.07, 6.45) is 9.67. The van der Waals surface area contributed by atoms with Crippen molar-refractivity contribution >= 4 is 5.91 Å². The number of likely N-dealkylation sites (tertiary alicyclic amines) is 1. The Balaban J connectivity index is 1.25. The van der Waals surface area contributed by atoms with Gasteiger partial charge in [-0.3, -0.25) is 9.78 Å². The number of nitrogens with zero attached hydrogens (tertiary/aromatic N) is 2. The maximum absolute atomic E-state index is 12.6. The summed E-state index contributed by atoms with van der Waals surface area (Å²) < 4.78 is 12.1. The van der Waals surface area contributed by atoms with Gasteiger partial charge >= 0.3 is 0 Å². The van der Waals surface area contributed by atoms with Gasteiger partial charge in [-0.15, -0.1) is 0 Å². The van der Waals surface area contributed by atoms with Crippen LogP contribution < -0.4 is 0 Å². The molecule has 1 atom stereocenters. The van der Waals surface area contributed by atoms with Gasteiger partial charge in [0.1, 0.15) is 5.69 Å². The van der Waals surface area contributed by atoms with Crippen LogP contribution in [0, 0.1) is 11.8 Å². The quantitative estimate of drug-likeness (QED) is 0.732. The van der Waals surface area contributed by atoms with Gasteiger partial charge in [0.15, 0.2) is 0 Å². The molecule has 1 aliphatic carbocycles. The zero-order chi connectivity index (χ0) is 17.8. The second-order valence-corrected chi connectivity index (χ2v) is 8.20. The molecule has 5 heteroatoms. The summed E-state index contributed by atoms with van der Waals surface area (Å²) in [5.74, 6) is 1.58. The Morgan fingerprint density at radius 2 is 2.08 bits per heavy atom. The van der Waals surface area contributed by atoms with Crippen LogP contribution >= 0.6 is 0 Å². The summed E-state index contributed by atoms with van der Waals surface area (Å²) in [5, 5.41) is 0. The van der Waals surface area contributed by atoms with Crippen LogP contribution in [0.15, 0.2) is 24.4 Å². The van der Waals surface area contributed by atoms with E-state index >= 15 is 0 Å². The van der Waals surface area contributed by atoms with E-state index in [0.29, 0.717) is 11.6 Å². The Hall–Kier alpha value is -1.46. The molecule has 142 valence electrons. The van der Waals surface area contributed by atoms with Crippen LogP contribution in [-0.2, 0) is 9.47 Å². The minimum absolute atomic E-state index is 0.0275. The molecule has 1 spiro atoms. The molecule has 0 bridgehead atoms. The van der Waals surface area contributed by atoms with E-state index in [2.05, 4.69) is 4.98 Å². The lowest BCUT2D eigenvalue weighted by Crippen LogP contribution is -2.51.